The van der Waals surface area contributed by atoms with Crippen LogP contribution in [0.5, 0.6) is 5.75 Å². The van der Waals surface area contributed by atoms with Crippen LogP contribution in [0.25, 0.3) is 11.0 Å². The summed E-state index contributed by atoms with van der Waals surface area (Å²) < 4.78 is 5.45. The monoisotopic (exact) mass is 222 g/mol. The lowest BCUT2D eigenvalue weighted by atomic mass is 10.2. The summed E-state index contributed by atoms with van der Waals surface area (Å²) in [5, 5.41) is 1.42. The Hall–Kier alpha value is -1.35. The predicted octanol–water partition coefficient (Wildman–Crippen LogP) is 2.99. The number of hydrogen-bond donors (Lipinski definition) is 0. The fourth-order valence-corrected chi connectivity index (χ4v) is 1.80. The molecular formula is C11H11ClN2O. The predicted molar refractivity (Wildman–Crippen MR) is 60.5 cm³/mol. The molecule has 3 nitrogen and oxygen atoms in total. The lowest BCUT2D eigenvalue weighted by molar-refractivity contribution is 0.337. The van der Waals surface area contributed by atoms with E-state index in [9.17, 15) is 0 Å². The van der Waals surface area contributed by atoms with Crippen LogP contribution in [0.4, 0.5) is 0 Å². The topological polar surface area (TPSA) is 35.0 Å². The van der Waals surface area contributed by atoms with Gasteiger partial charge in [0.1, 0.15) is 0 Å². The van der Waals surface area contributed by atoms with Crippen molar-refractivity contribution in [2.24, 2.45) is 0 Å². The van der Waals surface area contributed by atoms with E-state index in [1.165, 1.54) is 0 Å². The highest BCUT2D eigenvalue weighted by Gasteiger charge is 2.11. The zero-order valence-electron chi connectivity index (χ0n) is 8.62. The van der Waals surface area contributed by atoms with Crippen molar-refractivity contribution in [2.45, 2.75) is 13.8 Å². The van der Waals surface area contributed by atoms with Gasteiger partial charge >= 0.3 is 0 Å². The molecule has 0 atom stereocenters. The van der Waals surface area contributed by atoms with Gasteiger partial charge in [-0.3, -0.25) is 0 Å². The molecule has 0 spiro atoms. The molecule has 0 radical (unpaired) electrons. The first-order chi connectivity index (χ1) is 7.24. The van der Waals surface area contributed by atoms with Gasteiger partial charge in [0.15, 0.2) is 11.4 Å². The second kappa shape index (κ2) is 4.03. The van der Waals surface area contributed by atoms with E-state index < -0.39 is 0 Å². The summed E-state index contributed by atoms with van der Waals surface area (Å²) in [5.74, 6) is 0.652. The standard InChI is InChI=1S/C11H11ClN2O/c1-3-15-10-7(2)14-11-8(9(10)12)5-4-6-13-11/h4-6H,3H2,1-2H3. The molecule has 2 rings (SSSR count). The minimum absolute atomic E-state index is 0.577. The van der Waals surface area contributed by atoms with E-state index in [1.807, 2.05) is 26.0 Å². The Morgan fingerprint density at radius 1 is 1.47 bits per heavy atom. The number of halogens is 1. The number of aryl methyl sites for hydroxylation is 1. The van der Waals surface area contributed by atoms with Crippen molar-refractivity contribution in [1.29, 1.82) is 0 Å². The summed E-state index contributed by atoms with van der Waals surface area (Å²) in [4.78, 5) is 8.49. The van der Waals surface area contributed by atoms with Crippen LogP contribution in [0.3, 0.4) is 0 Å². The van der Waals surface area contributed by atoms with Gasteiger partial charge in [0.05, 0.1) is 17.3 Å². The number of rotatable bonds is 2. The third-order valence-electron chi connectivity index (χ3n) is 2.11. The van der Waals surface area contributed by atoms with Crippen molar-refractivity contribution < 1.29 is 4.74 Å². The first-order valence-corrected chi connectivity index (χ1v) is 5.15. The van der Waals surface area contributed by atoms with Gasteiger partial charge in [-0.25, -0.2) is 9.97 Å². The van der Waals surface area contributed by atoms with Crippen molar-refractivity contribution in [3.63, 3.8) is 0 Å². The van der Waals surface area contributed by atoms with Gasteiger partial charge in [-0.15, -0.1) is 0 Å². The number of aromatic nitrogens is 2. The molecule has 0 aliphatic heterocycles. The molecule has 0 aliphatic carbocycles. The normalized spacial score (nSPS) is 10.6. The number of hydrogen-bond acceptors (Lipinski definition) is 3. The first kappa shape index (κ1) is 10.2. The van der Waals surface area contributed by atoms with Gasteiger partial charge in [-0.1, -0.05) is 11.6 Å². The largest absolute Gasteiger partial charge is 0.490 e. The summed E-state index contributed by atoms with van der Waals surface area (Å²) in [6, 6.07) is 3.72. The molecule has 0 aliphatic rings. The molecule has 0 unspecified atom stereocenters. The third-order valence-corrected chi connectivity index (χ3v) is 2.49. The molecule has 0 fully saturated rings. The van der Waals surface area contributed by atoms with E-state index in [4.69, 9.17) is 16.3 Å². The van der Waals surface area contributed by atoms with E-state index in [-0.39, 0.29) is 0 Å². The minimum atomic E-state index is 0.577. The van der Waals surface area contributed by atoms with Crippen LogP contribution < -0.4 is 4.74 Å². The van der Waals surface area contributed by atoms with Gasteiger partial charge in [0, 0.05) is 11.6 Å². The molecule has 15 heavy (non-hydrogen) atoms. The molecule has 78 valence electrons. The average molecular weight is 223 g/mol. The fraction of sp³-hybridized carbons (Fsp3) is 0.273. The highest BCUT2D eigenvalue weighted by Crippen LogP contribution is 2.33. The number of nitrogens with zero attached hydrogens (tertiary/aromatic N) is 2. The van der Waals surface area contributed by atoms with Gasteiger partial charge in [-0.05, 0) is 26.0 Å². The summed E-state index contributed by atoms with van der Waals surface area (Å²) in [6.45, 7) is 4.36. The minimum Gasteiger partial charge on any atom is -0.490 e. The Kier molecular flexibility index (Phi) is 2.73. The number of ether oxygens (including phenoxy) is 1. The molecular weight excluding hydrogens is 212 g/mol. The van der Waals surface area contributed by atoms with E-state index >= 15 is 0 Å². The van der Waals surface area contributed by atoms with Crippen LogP contribution in [-0.2, 0) is 0 Å². The Morgan fingerprint density at radius 3 is 3.00 bits per heavy atom. The highest BCUT2D eigenvalue weighted by molar-refractivity contribution is 6.36. The van der Waals surface area contributed by atoms with Gasteiger partial charge in [-0.2, -0.15) is 0 Å². The second-order valence-electron chi connectivity index (χ2n) is 3.15. The molecule has 2 aromatic rings. The summed E-state index contributed by atoms with van der Waals surface area (Å²) in [7, 11) is 0. The second-order valence-corrected chi connectivity index (χ2v) is 3.53. The molecule has 0 saturated heterocycles. The maximum atomic E-state index is 6.22. The molecule has 2 aromatic heterocycles. The molecule has 0 amide bonds. The summed E-state index contributed by atoms with van der Waals surface area (Å²) in [6.07, 6.45) is 1.70. The van der Waals surface area contributed by atoms with Crippen LogP contribution in [0.2, 0.25) is 5.02 Å². The zero-order valence-corrected chi connectivity index (χ0v) is 9.38. The van der Waals surface area contributed by atoms with Crippen molar-refractivity contribution >= 4 is 22.6 Å². The molecule has 0 aromatic carbocycles. The van der Waals surface area contributed by atoms with Crippen molar-refractivity contribution in [1.82, 2.24) is 9.97 Å². The lowest BCUT2D eigenvalue weighted by Crippen LogP contribution is -1.98. The van der Waals surface area contributed by atoms with Crippen molar-refractivity contribution in [2.75, 3.05) is 6.61 Å². The average Bonchev–Trinajstić information content (AvgIpc) is 2.24. The van der Waals surface area contributed by atoms with Gasteiger partial charge in [0.2, 0.25) is 0 Å². The fourth-order valence-electron chi connectivity index (χ4n) is 1.46. The van der Waals surface area contributed by atoms with E-state index in [2.05, 4.69) is 9.97 Å². The molecule has 0 N–H and O–H groups in total. The number of pyridine rings is 2. The van der Waals surface area contributed by atoms with Crippen LogP contribution in [0.15, 0.2) is 18.3 Å². The van der Waals surface area contributed by atoms with Crippen LogP contribution in [0.1, 0.15) is 12.6 Å². The SMILES string of the molecule is CCOc1c(C)nc2ncccc2c1Cl. The van der Waals surface area contributed by atoms with Crippen LogP contribution >= 0.6 is 11.6 Å². The smallest absolute Gasteiger partial charge is 0.161 e. The Labute approximate surface area is 93.1 Å². The molecule has 4 heteroatoms. The Morgan fingerprint density at radius 2 is 2.27 bits per heavy atom. The highest BCUT2D eigenvalue weighted by atomic mass is 35.5. The lowest BCUT2D eigenvalue weighted by Gasteiger charge is -2.10. The first-order valence-electron chi connectivity index (χ1n) is 4.77. The summed E-state index contributed by atoms with van der Waals surface area (Å²) in [5.41, 5.74) is 1.43. The van der Waals surface area contributed by atoms with Crippen LogP contribution in [0, 0.1) is 6.92 Å². The van der Waals surface area contributed by atoms with E-state index in [0.29, 0.717) is 23.0 Å². The van der Waals surface area contributed by atoms with E-state index in [0.717, 1.165) is 11.1 Å². The van der Waals surface area contributed by atoms with Crippen molar-refractivity contribution in [3.8, 4) is 5.75 Å². The molecule has 0 saturated carbocycles. The van der Waals surface area contributed by atoms with Gasteiger partial charge < -0.3 is 4.74 Å². The third kappa shape index (κ3) is 1.75. The Balaban J connectivity index is 2.72. The Bertz CT molecular complexity index is 499. The molecule has 2 heterocycles. The zero-order chi connectivity index (χ0) is 10.8. The van der Waals surface area contributed by atoms with Gasteiger partial charge in [0.25, 0.3) is 0 Å². The summed E-state index contributed by atoms with van der Waals surface area (Å²) >= 11 is 6.22. The van der Waals surface area contributed by atoms with Crippen LogP contribution in [-0.4, -0.2) is 16.6 Å². The maximum absolute atomic E-state index is 6.22. The maximum Gasteiger partial charge on any atom is 0.161 e. The van der Waals surface area contributed by atoms with Crippen molar-refractivity contribution in [3.05, 3.63) is 29.0 Å². The molecule has 0 bridgehead atoms. The number of fused-ring (bicyclic) bond motifs is 1. The van der Waals surface area contributed by atoms with E-state index in [1.54, 1.807) is 6.20 Å². The quantitative estimate of drug-likeness (QED) is 0.784.